The van der Waals surface area contributed by atoms with Crippen LogP contribution in [0.1, 0.15) is 15.6 Å². The molecular formula is C14H14N4OS3. The summed E-state index contributed by atoms with van der Waals surface area (Å²) in [6.45, 7) is 0.578. The van der Waals surface area contributed by atoms with Crippen molar-refractivity contribution in [3.05, 3.63) is 50.6 Å². The number of H-pyrrole nitrogens is 1. The highest BCUT2D eigenvalue weighted by Gasteiger charge is 2.08. The van der Waals surface area contributed by atoms with Crippen molar-refractivity contribution in [1.29, 1.82) is 0 Å². The number of hydrogen-bond donors (Lipinski definition) is 2. The fourth-order valence-electron chi connectivity index (χ4n) is 1.78. The Bertz CT molecular complexity index is 706. The molecule has 0 aliphatic rings. The Kier molecular flexibility index (Phi) is 5.25. The summed E-state index contributed by atoms with van der Waals surface area (Å²) in [5.74, 6) is 1.13. The molecular weight excluding hydrogens is 336 g/mol. The van der Waals surface area contributed by atoms with Gasteiger partial charge < -0.3 is 5.32 Å². The van der Waals surface area contributed by atoms with Gasteiger partial charge in [-0.15, -0.1) is 27.8 Å². The molecule has 0 aliphatic heterocycles. The second-order valence-corrected chi connectivity index (χ2v) is 7.47. The van der Waals surface area contributed by atoms with Gasteiger partial charge in [0.15, 0.2) is 0 Å². The van der Waals surface area contributed by atoms with Gasteiger partial charge in [0.25, 0.3) is 0 Å². The molecule has 0 atom stereocenters. The van der Waals surface area contributed by atoms with Crippen LogP contribution in [0.2, 0.25) is 0 Å². The van der Waals surface area contributed by atoms with E-state index in [-0.39, 0.29) is 5.91 Å². The number of nitrogens with one attached hydrogen (secondary N) is 2. The normalized spacial score (nSPS) is 10.7. The fourth-order valence-corrected chi connectivity index (χ4v) is 3.78. The molecule has 3 aromatic rings. The van der Waals surface area contributed by atoms with E-state index in [9.17, 15) is 4.79 Å². The van der Waals surface area contributed by atoms with Crippen LogP contribution in [0.25, 0.3) is 0 Å². The van der Waals surface area contributed by atoms with Crippen LogP contribution in [0.3, 0.4) is 0 Å². The first-order chi connectivity index (χ1) is 10.8. The van der Waals surface area contributed by atoms with E-state index in [1.807, 2.05) is 29.0 Å². The van der Waals surface area contributed by atoms with Gasteiger partial charge >= 0.3 is 0 Å². The lowest BCUT2D eigenvalue weighted by molar-refractivity contribution is -0.118. The number of thiophene rings is 2. The number of nitrogens with zero attached hydrogens (tertiary/aromatic N) is 2. The largest absolute Gasteiger partial charge is 0.350 e. The summed E-state index contributed by atoms with van der Waals surface area (Å²) in [5.41, 5.74) is 0. The van der Waals surface area contributed by atoms with Gasteiger partial charge in [0, 0.05) is 16.2 Å². The second kappa shape index (κ2) is 7.57. The minimum absolute atomic E-state index is 0.0111. The molecule has 0 aliphatic carbocycles. The standard InChI is InChI=1S/C14H14N4OS3/c19-13(15-8-11-4-2-6-21-11)9-22-14-16-12(17-18-14)7-10-3-1-5-20-10/h1-6H,7-9H2,(H,15,19)(H,16,17,18). The van der Waals surface area contributed by atoms with Crippen molar-refractivity contribution in [2.75, 3.05) is 5.75 Å². The number of carbonyl (C=O) groups is 1. The number of hydrogen-bond acceptors (Lipinski definition) is 6. The van der Waals surface area contributed by atoms with Crippen LogP contribution in [-0.4, -0.2) is 26.8 Å². The molecule has 114 valence electrons. The van der Waals surface area contributed by atoms with Crippen LogP contribution >= 0.6 is 34.4 Å². The molecule has 0 saturated heterocycles. The number of amides is 1. The predicted octanol–water partition coefficient (Wildman–Crippen LogP) is 2.93. The summed E-state index contributed by atoms with van der Waals surface area (Å²) in [4.78, 5) is 18.6. The van der Waals surface area contributed by atoms with Gasteiger partial charge in [-0.25, -0.2) is 4.98 Å². The van der Waals surface area contributed by atoms with E-state index >= 15 is 0 Å². The molecule has 1 amide bonds. The number of aromatic amines is 1. The number of rotatable bonds is 7. The van der Waals surface area contributed by atoms with E-state index in [0.29, 0.717) is 17.5 Å². The van der Waals surface area contributed by atoms with Gasteiger partial charge in [-0.3, -0.25) is 9.89 Å². The first-order valence-corrected chi connectivity index (χ1v) is 9.39. The maximum absolute atomic E-state index is 11.8. The zero-order valence-corrected chi connectivity index (χ0v) is 14.1. The lowest BCUT2D eigenvalue weighted by Gasteiger charge is -2.01. The average Bonchev–Trinajstić information content (AvgIpc) is 3.26. The van der Waals surface area contributed by atoms with E-state index in [2.05, 4.69) is 26.6 Å². The van der Waals surface area contributed by atoms with Crippen LogP contribution in [0.4, 0.5) is 0 Å². The van der Waals surface area contributed by atoms with Crippen LogP contribution < -0.4 is 5.32 Å². The van der Waals surface area contributed by atoms with Gasteiger partial charge in [0.05, 0.1) is 12.3 Å². The van der Waals surface area contributed by atoms with Crippen LogP contribution in [-0.2, 0) is 17.8 Å². The molecule has 3 aromatic heterocycles. The van der Waals surface area contributed by atoms with Crippen LogP contribution in [0, 0.1) is 0 Å². The van der Waals surface area contributed by atoms with Crippen molar-refractivity contribution < 1.29 is 4.79 Å². The van der Waals surface area contributed by atoms with Crippen molar-refractivity contribution in [1.82, 2.24) is 20.5 Å². The Labute approximate surface area is 140 Å². The van der Waals surface area contributed by atoms with Gasteiger partial charge in [0.2, 0.25) is 11.1 Å². The summed E-state index contributed by atoms with van der Waals surface area (Å²) < 4.78 is 0. The summed E-state index contributed by atoms with van der Waals surface area (Å²) in [7, 11) is 0. The monoisotopic (exact) mass is 350 g/mol. The lowest BCUT2D eigenvalue weighted by Crippen LogP contribution is -2.24. The van der Waals surface area contributed by atoms with Gasteiger partial charge in [-0.05, 0) is 22.9 Å². The second-order valence-electron chi connectivity index (χ2n) is 4.47. The van der Waals surface area contributed by atoms with Crippen LogP contribution in [0.15, 0.2) is 40.2 Å². The van der Waals surface area contributed by atoms with Crippen molar-refractivity contribution in [2.45, 2.75) is 18.1 Å². The van der Waals surface area contributed by atoms with E-state index < -0.39 is 0 Å². The summed E-state index contributed by atoms with van der Waals surface area (Å²) >= 11 is 4.67. The van der Waals surface area contributed by atoms with Crippen LogP contribution in [0.5, 0.6) is 0 Å². The van der Waals surface area contributed by atoms with E-state index in [1.54, 1.807) is 22.7 Å². The topological polar surface area (TPSA) is 70.7 Å². The smallest absolute Gasteiger partial charge is 0.230 e. The van der Waals surface area contributed by atoms with Crippen molar-refractivity contribution >= 4 is 40.3 Å². The molecule has 0 fully saturated rings. The minimum atomic E-state index is -0.0111. The van der Waals surface area contributed by atoms with E-state index in [1.165, 1.54) is 16.6 Å². The Morgan fingerprint density at radius 1 is 1.23 bits per heavy atom. The Morgan fingerprint density at radius 2 is 2.00 bits per heavy atom. The Morgan fingerprint density at radius 3 is 2.73 bits per heavy atom. The van der Waals surface area contributed by atoms with Gasteiger partial charge in [0.1, 0.15) is 5.82 Å². The average molecular weight is 350 g/mol. The maximum atomic E-state index is 11.8. The summed E-state index contributed by atoms with van der Waals surface area (Å²) in [5, 5.41) is 14.6. The molecule has 0 unspecified atom stereocenters. The Hall–Kier alpha value is -1.64. The van der Waals surface area contributed by atoms with Gasteiger partial charge in [-0.2, -0.15) is 0 Å². The molecule has 3 rings (SSSR count). The molecule has 0 saturated carbocycles. The first-order valence-electron chi connectivity index (χ1n) is 6.65. The maximum Gasteiger partial charge on any atom is 0.230 e. The highest BCUT2D eigenvalue weighted by molar-refractivity contribution is 7.99. The number of aromatic nitrogens is 3. The third-order valence-electron chi connectivity index (χ3n) is 2.81. The number of carbonyl (C=O) groups excluding carboxylic acids is 1. The van der Waals surface area contributed by atoms with E-state index in [0.717, 1.165) is 17.1 Å². The predicted molar refractivity (Wildman–Crippen MR) is 90.4 cm³/mol. The SMILES string of the molecule is O=C(CSc1n[nH]c(Cc2cccs2)n1)NCc1cccs1. The van der Waals surface area contributed by atoms with Gasteiger partial charge in [-0.1, -0.05) is 23.9 Å². The highest BCUT2D eigenvalue weighted by Crippen LogP contribution is 2.16. The zero-order valence-electron chi connectivity index (χ0n) is 11.6. The molecule has 22 heavy (non-hydrogen) atoms. The Balaban J connectivity index is 1.43. The molecule has 3 heterocycles. The third kappa shape index (κ3) is 4.43. The minimum Gasteiger partial charge on any atom is -0.350 e. The van der Waals surface area contributed by atoms with Crippen molar-refractivity contribution in [3.8, 4) is 0 Å². The highest BCUT2D eigenvalue weighted by atomic mass is 32.2. The molecule has 2 N–H and O–H groups in total. The molecule has 0 aromatic carbocycles. The lowest BCUT2D eigenvalue weighted by atomic mass is 10.3. The van der Waals surface area contributed by atoms with E-state index in [4.69, 9.17) is 0 Å². The summed E-state index contributed by atoms with van der Waals surface area (Å²) in [6, 6.07) is 8.07. The number of thioether (sulfide) groups is 1. The molecule has 0 spiro atoms. The van der Waals surface area contributed by atoms with Crippen molar-refractivity contribution in [3.63, 3.8) is 0 Å². The fraction of sp³-hybridized carbons (Fsp3) is 0.214. The quantitative estimate of drug-likeness (QED) is 0.643. The molecule has 8 heteroatoms. The van der Waals surface area contributed by atoms with Crippen molar-refractivity contribution in [2.24, 2.45) is 0 Å². The first kappa shape index (κ1) is 15.3. The molecule has 0 radical (unpaired) electrons. The molecule has 0 bridgehead atoms. The third-order valence-corrected chi connectivity index (χ3v) is 5.41. The zero-order chi connectivity index (χ0) is 15.2. The summed E-state index contributed by atoms with van der Waals surface area (Å²) in [6.07, 6.45) is 0.746. The molecule has 5 nitrogen and oxygen atoms in total.